The van der Waals surface area contributed by atoms with Crippen LogP contribution >= 0.6 is 0 Å². The third-order valence-corrected chi connectivity index (χ3v) is 6.06. The quantitative estimate of drug-likeness (QED) is 0.799. The number of rotatable bonds is 6. The highest BCUT2D eigenvalue weighted by Crippen LogP contribution is 2.26. The highest BCUT2D eigenvalue weighted by molar-refractivity contribution is 7.94. The highest BCUT2D eigenvalue weighted by Gasteiger charge is 2.36. The van der Waals surface area contributed by atoms with Crippen LogP contribution in [0.15, 0.2) is 47.1 Å². The number of hydrogen-bond donors (Lipinski definition) is 1. The summed E-state index contributed by atoms with van der Waals surface area (Å²) in [4.78, 5) is 26.4. The zero-order chi connectivity index (χ0) is 19.6. The van der Waals surface area contributed by atoms with E-state index in [2.05, 4.69) is 5.32 Å². The van der Waals surface area contributed by atoms with Crippen molar-refractivity contribution in [1.29, 1.82) is 0 Å². The van der Waals surface area contributed by atoms with Gasteiger partial charge in [0.2, 0.25) is 15.9 Å². The molecule has 2 aromatic rings. The fourth-order valence-electron chi connectivity index (χ4n) is 2.95. The van der Waals surface area contributed by atoms with E-state index in [0.717, 1.165) is 10.1 Å². The SMILES string of the molecule is CN(C)[C@@H](CNC(=O)c1cccc(N2C(=O)CCS2(=O)=O)c1)c1ccco1. The molecule has 0 bridgehead atoms. The monoisotopic (exact) mass is 391 g/mol. The van der Waals surface area contributed by atoms with Crippen LogP contribution in [0.2, 0.25) is 0 Å². The number of nitrogens with one attached hydrogen (secondary N) is 1. The Kier molecular flexibility index (Phi) is 5.33. The highest BCUT2D eigenvalue weighted by atomic mass is 32.2. The lowest BCUT2D eigenvalue weighted by Crippen LogP contribution is -2.34. The minimum atomic E-state index is -3.67. The van der Waals surface area contributed by atoms with E-state index in [-0.39, 0.29) is 35.4 Å². The summed E-state index contributed by atoms with van der Waals surface area (Å²) in [6.45, 7) is 0.310. The van der Waals surface area contributed by atoms with Crippen LogP contribution in [0.25, 0.3) is 0 Å². The average molecular weight is 391 g/mol. The van der Waals surface area contributed by atoms with E-state index in [0.29, 0.717) is 6.54 Å². The minimum absolute atomic E-state index is 0.0492. The molecule has 0 radical (unpaired) electrons. The van der Waals surface area contributed by atoms with E-state index in [4.69, 9.17) is 4.42 Å². The zero-order valence-corrected chi connectivity index (χ0v) is 15.9. The summed E-state index contributed by atoms with van der Waals surface area (Å²) >= 11 is 0. The summed E-state index contributed by atoms with van der Waals surface area (Å²) in [5, 5.41) is 2.82. The molecule has 0 spiro atoms. The standard InChI is InChI=1S/C18H21N3O5S/c1-20(2)15(16-7-4-9-26-16)12-19-18(23)13-5-3-6-14(11-13)21-17(22)8-10-27(21,24)25/h3-7,9,11,15H,8,10,12H2,1-2H3,(H,19,23)/t15-/m0/s1. The Labute approximate surface area is 157 Å². The molecule has 1 saturated heterocycles. The van der Waals surface area contributed by atoms with Gasteiger partial charge in [-0.05, 0) is 44.4 Å². The Morgan fingerprint density at radius 3 is 2.67 bits per heavy atom. The Morgan fingerprint density at radius 1 is 1.30 bits per heavy atom. The molecule has 27 heavy (non-hydrogen) atoms. The number of carbonyl (C=O) groups excluding carboxylic acids is 2. The number of amides is 2. The van der Waals surface area contributed by atoms with Gasteiger partial charge in [0.15, 0.2) is 0 Å². The summed E-state index contributed by atoms with van der Waals surface area (Å²) in [6.07, 6.45) is 1.52. The lowest BCUT2D eigenvalue weighted by molar-refractivity contribution is -0.116. The number of anilines is 1. The summed E-state index contributed by atoms with van der Waals surface area (Å²) < 4.78 is 30.3. The van der Waals surface area contributed by atoms with Gasteiger partial charge in [-0.25, -0.2) is 12.7 Å². The molecule has 0 unspecified atom stereocenters. The molecule has 0 saturated carbocycles. The maximum atomic E-state index is 12.5. The van der Waals surface area contributed by atoms with Crippen molar-refractivity contribution < 1.29 is 22.4 Å². The van der Waals surface area contributed by atoms with Gasteiger partial charge in [0.1, 0.15) is 5.76 Å². The van der Waals surface area contributed by atoms with E-state index in [1.807, 2.05) is 25.1 Å². The van der Waals surface area contributed by atoms with Crippen LogP contribution in [0.5, 0.6) is 0 Å². The number of sulfonamides is 1. The van der Waals surface area contributed by atoms with Gasteiger partial charge in [0.25, 0.3) is 5.91 Å². The molecule has 1 N–H and O–H groups in total. The number of furan rings is 1. The van der Waals surface area contributed by atoms with E-state index >= 15 is 0 Å². The number of nitrogens with zero attached hydrogens (tertiary/aromatic N) is 2. The number of likely N-dealkylation sites (N-methyl/N-ethyl adjacent to an activating group) is 1. The third-order valence-electron chi connectivity index (χ3n) is 4.37. The molecule has 3 rings (SSSR count). The van der Waals surface area contributed by atoms with Crippen LogP contribution in [0.3, 0.4) is 0 Å². The van der Waals surface area contributed by atoms with E-state index < -0.39 is 15.9 Å². The van der Waals surface area contributed by atoms with E-state index in [1.54, 1.807) is 24.5 Å². The van der Waals surface area contributed by atoms with Crippen molar-refractivity contribution in [3.63, 3.8) is 0 Å². The predicted octanol–water partition coefficient (Wildman–Crippen LogP) is 1.38. The Hall–Kier alpha value is -2.65. The van der Waals surface area contributed by atoms with Crippen LogP contribution in [0, 0.1) is 0 Å². The number of benzene rings is 1. The van der Waals surface area contributed by atoms with Crippen molar-refractivity contribution in [2.24, 2.45) is 0 Å². The average Bonchev–Trinajstić information content (AvgIpc) is 3.23. The number of carbonyl (C=O) groups is 2. The topological polar surface area (TPSA) is 99.9 Å². The molecule has 144 valence electrons. The van der Waals surface area contributed by atoms with Crippen LogP contribution in [0.4, 0.5) is 5.69 Å². The van der Waals surface area contributed by atoms with Crippen molar-refractivity contribution in [2.75, 3.05) is 30.7 Å². The summed E-state index contributed by atoms with van der Waals surface area (Å²) in [7, 11) is 0.0922. The lowest BCUT2D eigenvalue weighted by atomic mass is 10.1. The van der Waals surface area contributed by atoms with Gasteiger partial charge in [-0.15, -0.1) is 0 Å². The molecular weight excluding hydrogens is 370 g/mol. The van der Waals surface area contributed by atoms with Gasteiger partial charge in [0.05, 0.1) is 23.7 Å². The first-order valence-electron chi connectivity index (χ1n) is 8.43. The van der Waals surface area contributed by atoms with E-state index in [9.17, 15) is 18.0 Å². The third kappa shape index (κ3) is 4.04. The van der Waals surface area contributed by atoms with Crippen molar-refractivity contribution in [2.45, 2.75) is 12.5 Å². The second kappa shape index (κ2) is 7.53. The van der Waals surface area contributed by atoms with Crippen molar-refractivity contribution >= 4 is 27.5 Å². The lowest BCUT2D eigenvalue weighted by Gasteiger charge is -2.22. The molecular formula is C18H21N3O5S. The smallest absolute Gasteiger partial charge is 0.251 e. The first-order chi connectivity index (χ1) is 12.8. The number of hydrogen-bond acceptors (Lipinski definition) is 6. The Balaban J connectivity index is 1.75. The van der Waals surface area contributed by atoms with Crippen LogP contribution < -0.4 is 9.62 Å². The van der Waals surface area contributed by atoms with Crippen molar-refractivity contribution in [1.82, 2.24) is 10.2 Å². The molecule has 8 nitrogen and oxygen atoms in total. The minimum Gasteiger partial charge on any atom is -0.468 e. The molecule has 1 aliphatic rings. The summed E-state index contributed by atoms with van der Waals surface area (Å²) in [5.41, 5.74) is 0.458. The molecule has 0 aliphatic carbocycles. The van der Waals surface area contributed by atoms with Crippen molar-refractivity contribution in [3.8, 4) is 0 Å². The summed E-state index contributed by atoms with van der Waals surface area (Å²) in [5.74, 6) is -0.337. The first-order valence-corrected chi connectivity index (χ1v) is 10.0. The fraction of sp³-hybridized carbons (Fsp3) is 0.333. The predicted molar refractivity (Wildman–Crippen MR) is 99.8 cm³/mol. The van der Waals surface area contributed by atoms with Crippen molar-refractivity contribution in [3.05, 3.63) is 54.0 Å². The van der Waals surface area contributed by atoms with Gasteiger partial charge in [-0.1, -0.05) is 6.07 Å². The maximum Gasteiger partial charge on any atom is 0.251 e. The Morgan fingerprint density at radius 2 is 2.07 bits per heavy atom. The van der Waals surface area contributed by atoms with Gasteiger partial charge >= 0.3 is 0 Å². The second-order valence-corrected chi connectivity index (χ2v) is 8.42. The normalized spacial score (nSPS) is 17.3. The van der Waals surface area contributed by atoms with Crippen LogP contribution in [-0.4, -0.2) is 51.5 Å². The Bertz CT molecular complexity index is 938. The first kappa shape index (κ1) is 19.1. The van der Waals surface area contributed by atoms with Gasteiger partial charge in [-0.2, -0.15) is 0 Å². The summed E-state index contributed by atoms with van der Waals surface area (Å²) in [6, 6.07) is 9.51. The van der Waals surface area contributed by atoms with E-state index in [1.165, 1.54) is 12.1 Å². The van der Waals surface area contributed by atoms with Crippen LogP contribution in [0.1, 0.15) is 28.6 Å². The largest absolute Gasteiger partial charge is 0.468 e. The maximum absolute atomic E-state index is 12.5. The van der Waals surface area contributed by atoms with Gasteiger partial charge in [0, 0.05) is 18.5 Å². The molecule has 1 aliphatic heterocycles. The second-order valence-electron chi connectivity index (χ2n) is 6.48. The van der Waals surface area contributed by atoms with Crippen LogP contribution in [-0.2, 0) is 14.8 Å². The molecule has 9 heteroatoms. The molecule has 1 aromatic heterocycles. The fourth-order valence-corrected chi connectivity index (χ4v) is 4.40. The molecule has 1 atom stereocenters. The van der Waals surface area contributed by atoms with Gasteiger partial charge < -0.3 is 9.73 Å². The molecule has 1 fully saturated rings. The molecule has 1 aromatic carbocycles. The zero-order valence-electron chi connectivity index (χ0n) is 15.1. The molecule has 2 amide bonds. The van der Waals surface area contributed by atoms with Gasteiger partial charge in [-0.3, -0.25) is 14.5 Å². The molecule has 2 heterocycles.